The van der Waals surface area contributed by atoms with Gasteiger partial charge in [0.25, 0.3) is 0 Å². The van der Waals surface area contributed by atoms with Crippen LogP contribution in [0.1, 0.15) is 117 Å². The summed E-state index contributed by atoms with van der Waals surface area (Å²) in [6, 6.07) is 0. The molecule has 4 rings (SSSR count). The smallest absolute Gasteiger partial charge is 0.303 e. The van der Waals surface area contributed by atoms with Crippen molar-refractivity contribution in [2.24, 2.45) is 40.4 Å². The van der Waals surface area contributed by atoms with Crippen LogP contribution < -0.4 is 0 Å². The molecule has 0 aliphatic heterocycles. The Kier molecular flexibility index (Phi) is 8.59. The maximum atomic E-state index is 13.5. The highest BCUT2D eigenvalue weighted by molar-refractivity contribution is 7.80. The summed E-state index contributed by atoms with van der Waals surface area (Å²) in [5.74, 6) is 2.22. The molecule has 0 heterocycles. The first-order valence-electron chi connectivity index (χ1n) is 14.6. The summed E-state index contributed by atoms with van der Waals surface area (Å²) in [7, 11) is 0. The summed E-state index contributed by atoms with van der Waals surface area (Å²) >= 11 is 5.98. The molecule has 0 radical (unpaired) electrons. The molecule has 4 nitrogen and oxygen atoms in total. The summed E-state index contributed by atoms with van der Waals surface area (Å²) in [6.45, 7) is 7.01. The number of fused-ring (bicyclic) bond motifs is 5. The molecule has 0 saturated heterocycles. The standard InChI is InChI=1S/C31H46O4S/c1-4-27(36)22-19-20-18-21(32)14-16-30(20,2)25-15-17-31(3)23(12-13-24(31)29(22)25)26(33)10-8-6-5-7-9-11-28(34)35/h18,22-25,29H,4-17,19H2,1-3H3,(H,34,35)/t22-,23+,24-,25-,29-,30-,31+/m0/s1. The predicted octanol–water partition coefficient (Wildman–Crippen LogP) is 7.52. The van der Waals surface area contributed by atoms with Gasteiger partial charge in [0.1, 0.15) is 5.78 Å². The zero-order chi connectivity index (χ0) is 26.1. The van der Waals surface area contributed by atoms with Gasteiger partial charge in [-0.05, 0) is 103 Å². The number of carboxylic acids is 1. The van der Waals surface area contributed by atoms with E-state index in [-0.39, 0.29) is 29.0 Å². The lowest BCUT2D eigenvalue weighted by atomic mass is 9.44. The van der Waals surface area contributed by atoms with Crippen LogP contribution in [0, 0.1) is 40.4 Å². The quantitative estimate of drug-likeness (QED) is 0.228. The Morgan fingerprint density at radius 3 is 2.39 bits per heavy atom. The molecule has 4 aliphatic carbocycles. The van der Waals surface area contributed by atoms with Crippen LogP contribution in [0.3, 0.4) is 0 Å². The number of allylic oxidation sites excluding steroid dienone is 1. The highest BCUT2D eigenvalue weighted by atomic mass is 32.1. The number of carbonyl (C=O) groups excluding carboxylic acids is 2. The Hall–Kier alpha value is -1.36. The Labute approximate surface area is 223 Å². The first kappa shape index (κ1) is 27.7. The van der Waals surface area contributed by atoms with E-state index in [1.54, 1.807) is 0 Å². The second-order valence-corrected chi connectivity index (χ2v) is 13.3. The van der Waals surface area contributed by atoms with E-state index in [0.29, 0.717) is 42.3 Å². The topological polar surface area (TPSA) is 71.4 Å². The van der Waals surface area contributed by atoms with E-state index in [4.69, 9.17) is 17.3 Å². The van der Waals surface area contributed by atoms with Gasteiger partial charge in [0.05, 0.1) is 0 Å². The van der Waals surface area contributed by atoms with Crippen LogP contribution >= 0.6 is 12.2 Å². The van der Waals surface area contributed by atoms with Gasteiger partial charge in [0.15, 0.2) is 5.78 Å². The Bertz CT molecular complexity index is 922. The van der Waals surface area contributed by atoms with Gasteiger partial charge in [0, 0.05) is 25.2 Å². The minimum Gasteiger partial charge on any atom is -0.481 e. The lowest BCUT2D eigenvalue weighted by molar-refractivity contribution is -0.137. The number of hydrogen-bond donors (Lipinski definition) is 1. The van der Waals surface area contributed by atoms with Crippen molar-refractivity contribution in [3.63, 3.8) is 0 Å². The molecule has 4 aliphatic rings. The maximum absolute atomic E-state index is 13.5. The molecule has 5 heteroatoms. The fraction of sp³-hybridized carbons (Fsp3) is 0.806. The highest BCUT2D eigenvalue weighted by Crippen LogP contribution is 2.68. The number of carboxylic acid groups (broad SMARTS) is 1. The van der Waals surface area contributed by atoms with Crippen LogP contribution in [0.4, 0.5) is 0 Å². The molecular weight excluding hydrogens is 468 g/mol. The lowest BCUT2D eigenvalue weighted by Gasteiger charge is -2.60. The minimum absolute atomic E-state index is 0.0728. The van der Waals surface area contributed by atoms with Gasteiger partial charge in [-0.25, -0.2) is 0 Å². The second-order valence-electron chi connectivity index (χ2n) is 12.8. The average molecular weight is 515 g/mol. The molecule has 3 saturated carbocycles. The van der Waals surface area contributed by atoms with Crippen molar-refractivity contribution in [1.82, 2.24) is 0 Å². The minimum atomic E-state index is -0.720. The summed E-state index contributed by atoms with van der Waals surface area (Å²) in [5, 5.41) is 8.78. The molecule has 200 valence electrons. The molecule has 0 amide bonds. The zero-order valence-electron chi connectivity index (χ0n) is 22.7. The lowest BCUT2D eigenvalue weighted by Crippen LogP contribution is -2.55. The first-order valence-corrected chi connectivity index (χ1v) is 15.0. The predicted molar refractivity (Wildman–Crippen MR) is 147 cm³/mol. The van der Waals surface area contributed by atoms with Crippen molar-refractivity contribution in [2.75, 3.05) is 0 Å². The number of hydrogen-bond acceptors (Lipinski definition) is 4. The molecule has 7 atom stereocenters. The largest absolute Gasteiger partial charge is 0.481 e. The number of carbonyl (C=O) groups is 3. The first-order chi connectivity index (χ1) is 17.1. The van der Waals surface area contributed by atoms with Gasteiger partial charge in [-0.2, -0.15) is 0 Å². The Morgan fingerprint density at radius 1 is 1.00 bits per heavy atom. The van der Waals surface area contributed by atoms with E-state index in [1.807, 2.05) is 6.08 Å². The second kappa shape index (κ2) is 11.2. The normalized spacial score (nSPS) is 37.5. The number of unbranched alkanes of at least 4 members (excludes halogenated alkanes) is 4. The fourth-order valence-electron chi connectivity index (χ4n) is 8.96. The maximum Gasteiger partial charge on any atom is 0.303 e. The van der Waals surface area contributed by atoms with Gasteiger partial charge in [-0.1, -0.05) is 57.8 Å². The van der Waals surface area contributed by atoms with Crippen molar-refractivity contribution in [2.45, 2.75) is 117 Å². The van der Waals surface area contributed by atoms with Crippen LogP contribution in [0.15, 0.2) is 11.6 Å². The van der Waals surface area contributed by atoms with E-state index in [9.17, 15) is 14.4 Å². The van der Waals surface area contributed by atoms with E-state index >= 15 is 0 Å². The van der Waals surface area contributed by atoms with Gasteiger partial charge in [0.2, 0.25) is 0 Å². The Balaban J connectivity index is 1.45. The van der Waals surface area contributed by atoms with Crippen LogP contribution in [-0.4, -0.2) is 27.5 Å². The van der Waals surface area contributed by atoms with E-state index < -0.39 is 5.97 Å². The molecule has 0 spiro atoms. The fourth-order valence-corrected chi connectivity index (χ4v) is 9.20. The van der Waals surface area contributed by atoms with E-state index in [1.165, 1.54) is 10.4 Å². The summed E-state index contributed by atoms with van der Waals surface area (Å²) in [4.78, 5) is 37.7. The zero-order valence-corrected chi connectivity index (χ0v) is 23.5. The summed E-state index contributed by atoms with van der Waals surface area (Å²) in [6.07, 6.45) is 15.5. The molecule has 1 N–H and O–H groups in total. The summed E-state index contributed by atoms with van der Waals surface area (Å²) in [5.41, 5.74) is 1.55. The molecule has 0 aromatic carbocycles. The SMILES string of the molecule is CCC(=S)[C@@H]1CC2=CC(=O)CC[C@]2(C)[C@H]2CC[C@]3(C)[C@@H](C(=O)CCCCCCCC(=O)O)CC[C@H]3[C@H]12. The third-order valence-corrected chi connectivity index (χ3v) is 11.6. The molecule has 0 bridgehead atoms. The molecule has 0 aromatic heterocycles. The number of Topliss-reactive ketones (excluding diaryl/α,β-unsaturated/α-hetero) is 1. The monoisotopic (exact) mass is 514 g/mol. The molecular formula is C31H46O4S. The van der Waals surface area contributed by atoms with Crippen LogP contribution in [-0.2, 0) is 14.4 Å². The van der Waals surface area contributed by atoms with Crippen LogP contribution in [0.2, 0.25) is 0 Å². The van der Waals surface area contributed by atoms with Crippen molar-refractivity contribution < 1.29 is 19.5 Å². The molecule has 0 aromatic rings. The molecule has 0 unspecified atom stereocenters. The van der Waals surface area contributed by atoms with Crippen molar-refractivity contribution >= 4 is 34.6 Å². The number of thiocarbonyl (C=S) groups is 1. The van der Waals surface area contributed by atoms with Gasteiger partial charge >= 0.3 is 5.97 Å². The third-order valence-electron chi connectivity index (χ3n) is 11.0. The van der Waals surface area contributed by atoms with Crippen molar-refractivity contribution in [3.8, 4) is 0 Å². The highest BCUT2D eigenvalue weighted by Gasteiger charge is 2.62. The Morgan fingerprint density at radius 2 is 1.69 bits per heavy atom. The third kappa shape index (κ3) is 5.15. The van der Waals surface area contributed by atoms with E-state index in [2.05, 4.69) is 20.8 Å². The number of rotatable bonds is 11. The average Bonchev–Trinajstić information content (AvgIpc) is 3.20. The molecule has 3 fully saturated rings. The number of aliphatic carboxylic acids is 1. The van der Waals surface area contributed by atoms with Gasteiger partial charge in [-0.3, -0.25) is 14.4 Å². The van der Waals surface area contributed by atoms with Crippen molar-refractivity contribution in [3.05, 3.63) is 11.6 Å². The van der Waals surface area contributed by atoms with Gasteiger partial charge < -0.3 is 5.11 Å². The molecule has 36 heavy (non-hydrogen) atoms. The van der Waals surface area contributed by atoms with Crippen LogP contribution in [0.25, 0.3) is 0 Å². The van der Waals surface area contributed by atoms with E-state index in [0.717, 1.165) is 77.0 Å². The van der Waals surface area contributed by atoms with Crippen molar-refractivity contribution in [1.29, 1.82) is 0 Å². The number of ketones is 2. The van der Waals surface area contributed by atoms with Gasteiger partial charge in [-0.15, -0.1) is 0 Å². The summed E-state index contributed by atoms with van der Waals surface area (Å²) < 4.78 is 0. The van der Waals surface area contributed by atoms with Crippen LogP contribution in [0.5, 0.6) is 0 Å².